The molecule has 2 aliphatic heterocycles. The molecule has 2 aromatic rings. The molecule has 130 valence electrons. The van der Waals surface area contributed by atoms with Crippen LogP contribution in [-0.2, 0) is 4.74 Å². The predicted molar refractivity (Wildman–Crippen MR) is 99.5 cm³/mol. The first-order valence-corrected chi connectivity index (χ1v) is 8.71. The van der Waals surface area contributed by atoms with E-state index < -0.39 is 0 Å². The van der Waals surface area contributed by atoms with Gasteiger partial charge in [-0.05, 0) is 17.0 Å². The molecule has 0 radical (unpaired) electrons. The number of hydrazone groups is 1. The zero-order chi connectivity index (χ0) is 18.1. The minimum absolute atomic E-state index is 0.0567. The Balaban J connectivity index is 1.80. The molecule has 0 amide bonds. The van der Waals surface area contributed by atoms with Gasteiger partial charge in [0.15, 0.2) is 0 Å². The summed E-state index contributed by atoms with van der Waals surface area (Å²) in [6, 6.07) is 22.5. The predicted octanol–water partition coefficient (Wildman–Crippen LogP) is 3.40. The van der Waals surface area contributed by atoms with E-state index in [0.717, 1.165) is 11.1 Å². The Hall–Kier alpha value is -3.26. The molecule has 5 heteroatoms. The fourth-order valence-corrected chi connectivity index (χ4v) is 3.99. The second-order valence-electron chi connectivity index (χ2n) is 6.71. The summed E-state index contributed by atoms with van der Waals surface area (Å²) in [6.45, 7) is 2.13. The van der Waals surface area contributed by atoms with Crippen molar-refractivity contribution in [3.63, 3.8) is 0 Å². The van der Waals surface area contributed by atoms with Crippen LogP contribution in [0.5, 0.6) is 0 Å². The molecule has 2 aliphatic rings. The Morgan fingerprint density at radius 3 is 2.42 bits per heavy atom. The standard InChI is InChI=1S/C21H20N4O/c1-13(14-8-4-2-5-9-14)17-16(12-22)20(23)26-21-18(17)19(24-25-21)15-10-6-3-7-11-15/h2-11,13,17-19,24H,23H2,1H3/t13-,17-,18+,19-/m0/s1. The first-order valence-electron chi connectivity index (χ1n) is 8.71. The highest BCUT2D eigenvalue weighted by atomic mass is 16.5. The molecule has 2 aromatic carbocycles. The summed E-state index contributed by atoms with van der Waals surface area (Å²) in [6.07, 6.45) is 0. The summed E-state index contributed by atoms with van der Waals surface area (Å²) in [5.41, 5.74) is 12.0. The minimum atomic E-state index is -0.116. The highest BCUT2D eigenvalue weighted by Crippen LogP contribution is 2.47. The van der Waals surface area contributed by atoms with Crippen molar-refractivity contribution in [3.05, 3.63) is 83.2 Å². The first kappa shape index (κ1) is 16.2. The van der Waals surface area contributed by atoms with E-state index in [-0.39, 0.29) is 29.7 Å². The third-order valence-electron chi connectivity index (χ3n) is 5.30. The molecular weight excluding hydrogens is 324 g/mol. The molecule has 0 bridgehead atoms. The molecule has 0 spiro atoms. The molecule has 0 aliphatic carbocycles. The molecule has 0 fully saturated rings. The first-order chi connectivity index (χ1) is 12.7. The zero-order valence-corrected chi connectivity index (χ0v) is 14.5. The van der Waals surface area contributed by atoms with E-state index in [2.05, 4.69) is 47.8 Å². The number of allylic oxidation sites excluding steroid dienone is 1. The Bertz CT molecular complexity index is 899. The van der Waals surface area contributed by atoms with Crippen molar-refractivity contribution in [1.82, 2.24) is 5.43 Å². The van der Waals surface area contributed by atoms with Gasteiger partial charge in [0.1, 0.15) is 6.07 Å². The lowest BCUT2D eigenvalue weighted by Gasteiger charge is -2.36. The lowest BCUT2D eigenvalue weighted by Crippen LogP contribution is -2.39. The molecule has 0 unspecified atom stereocenters. The molecule has 26 heavy (non-hydrogen) atoms. The lowest BCUT2D eigenvalue weighted by atomic mass is 9.70. The summed E-state index contributed by atoms with van der Waals surface area (Å²) in [7, 11) is 0. The number of hydrogen-bond donors (Lipinski definition) is 2. The Labute approximate surface area is 152 Å². The van der Waals surface area contributed by atoms with E-state index >= 15 is 0 Å². The van der Waals surface area contributed by atoms with Crippen LogP contribution in [0.1, 0.15) is 30.0 Å². The van der Waals surface area contributed by atoms with Crippen molar-refractivity contribution in [2.45, 2.75) is 18.9 Å². The highest BCUT2D eigenvalue weighted by molar-refractivity contribution is 5.84. The van der Waals surface area contributed by atoms with Crippen LogP contribution >= 0.6 is 0 Å². The van der Waals surface area contributed by atoms with E-state index in [1.54, 1.807) is 0 Å². The fourth-order valence-electron chi connectivity index (χ4n) is 3.99. The fraction of sp³-hybridized carbons (Fsp3) is 0.238. The summed E-state index contributed by atoms with van der Waals surface area (Å²) in [4.78, 5) is 0. The number of rotatable bonds is 3. The summed E-state index contributed by atoms with van der Waals surface area (Å²) in [5, 5.41) is 14.2. The third-order valence-corrected chi connectivity index (χ3v) is 5.30. The van der Waals surface area contributed by atoms with Gasteiger partial charge < -0.3 is 10.5 Å². The Morgan fingerprint density at radius 2 is 1.77 bits per heavy atom. The van der Waals surface area contributed by atoms with Crippen LogP contribution in [0, 0.1) is 23.2 Å². The van der Waals surface area contributed by atoms with E-state index in [4.69, 9.17) is 10.5 Å². The maximum absolute atomic E-state index is 9.78. The molecule has 0 saturated heterocycles. The van der Waals surface area contributed by atoms with Crippen LogP contribution in [0.15, 0.2) is 77.2 Å². The van der Waals surface area contributed by atoms with E-state index in [1.807, 2.05) is 36.4 Å². The maximum atomic E-state index is 9.78. The quantitative estimate of drug-likeness (QED) is 0.894. The number of nitrogens with two attached hydrogens (primary N) is 1. The van der Waals surface area contributed by atoms with E-state index in [9.17, 15) is 5.26 Å². The number of fused-ring (bicyclic) bond motifs is 1. The van der Waals surface area contributed by atoms with Crippen LogP contribution in [0.25, 0.3) is 0 Å². The summed E-state index contributed by atoms with van der Waals surface area (Å²) in [5.74, 6) is 0.605. The number of benzene rings is 2. The van der Waals surface area contributed by atoms with Crippen LogP contribution in [0.3, 0.4) is 0 Å². The molecule has 0 aromatic heterocycles. The molecule has 3 N–H and O–H groups in total. The SMILES string of the molecule is C[C@@H](c1ccccc1)[C@H]1C(C#N)=C(N)OC2=NN[C@@H](c3ccccc3)[C@H]21. The summed E-state index contributed by atoms with van der Waals surface area (Å²) < 4.78 is 5.70. The van der Waals surface area contributed by atoms with Gasteiger partial charge in [-0.25, -0.2) is 0 Å². The molecule has 4 rings (SSSR count). The van der Waals surface area contributed by atoms with Crippen LogP contribution in [0.4, 0.5) is 0 Å². The second kappa shape index (κ2) is 6.57. The van der Waals surface area contributed by atoms with Crippen molar-refractivity contribution >= 4 is 5.90 Å². The Morgan fingerprint density at radius 1 is 1.12 bits per heavy atom. The largest absolute Gasteiger partial charge is 0.424 e. The van der Waals surface area contributed by atoms with Gasteiger partial charge in [0.2, 0.25) is 11.8 Å². The van der Waals surface area contributed by atoms with Gasteiger partial charge in [-0.1, -0.05) is 67.6 Å². The Kier molecular flexibility index (Phi) is 4.10. The minimum Gasteiger partial charge on any atom is -0.424 e. The average molecular weight is 344 g/mol. The van der Waals surface area contributed by atoms with E-state index in [1.165, 1.54) is 0 Å². The van der Waals surface area contributed by atoms with Gasteiger partial charge in [0.05, 0.1) is 17.5 Å². The smallest absolute Gasteiger partial charge is 0.220 e. The number of ether oxygens (including phenoxy) is 1. The summed E-state index contributed by atoms with van der Waals surface area (Å²) >= 11 is 0. The maximum Gasteiger partial charge on any atom is 0.220 e. The molecule has 5 nitrogen and oxygen atoms in total. The number of nitrogens with one attached hydrogen (secondary N) is 1. The topological polar surface area (TPSA) is 83.4 Å². The van der Waals surface area contributed by atoms with Gasteiger partial charge >= 0.3 is 0 Å². The number of nitrogens with zero attached hydrogens (tertiary/aromatic N) is 2. The van der Waals surface area contributed by atoms with Gasteiger partial charge in [-0.15, -0.1) is 5.10 Å². The molecule has 2 heterocycles. The molecule has 4 atom stereocenters. The normalized spacial score (nSPS) is 25.4. The van der Waals surface area contributed by atoms with Crippen molar-refractivity contribution in [1.29, 1.82) is 5.26 Å². The molecule has 0 saturated carbocycles. The van der Waals surface area contributed by atoms with Gasteiger partial charge in [0, 0.05) is 5.92 Å². The third kappa shape index (κ3) is 2.60. The molecular formula is C21H20N4O. The average Bonchev–Trinajstić information content (AvgIpc) is 3.11. The second-order valence-corrected chi connectivity index (χ2v) is 6.71. The van der Waals surface area contributed by atoms with Gasteiger partial charge in [-0.2, -0.15) is 5.26 Å². The van der Waals surface area contributed by atoms with Crippen LogP contribution in [-0.4, -0.2) is 5.90 Å². The zero-order valence-electron chi connectivity index (χ0n) is 14.5. The van der Waals surface area contributed by atoms with Crippen LogP contribution < -0.4 is 11.2 Å². The van der Waals surface area contributed by atoms with Gasteiger partial charge in [0.25, 0.3) is 0 Å². The van der Waals surface area contributed by atoms with E-state index in [0.29, 0.717) is 11.5 Å². The number of hydrogen-bond acceptors (Lipinski definition) is 5. The lowest BCUT2D eigenvalue weighted by molar-refractivity contribution is 0.264. The van der Waals surface area contributed by atoms with Crippen molar-refractivity contribution in [2.24, 2.45) is 22.7 Å². The van der Waals surface area contributed by atoms with Crippen molar-refractivity contribution in [3.8, 4) is 6.07 Å². The van der Waals surface area contributed by atoms with Crippen molar-refractivity contribution in [2.75, 3.05) is 0 Å². The van der Waals surface area contributed by atoms with Gasteiger partial charge in [-0.3, -0.25) is 5.43 Å². The highest BCUT2D eigenvalue weighted by Gasteiger charge is 2.48. The van der Waals surface area contributed by atoms with Crippen LogP contribution in [0.2, 0.25) is 0 Å². The number of nitriles is 1. The van der Waals surface area contributed by atoms with Crippen molar-refractivity contribution < 1.29 is 4.74 Å². The monoisotopic (exact) mass is 344 g/mol.